The molecule has 2 aromatic heterocycles. The van der Waals surface area contributed by atoms with Gasteiger partial charge in [0.1, 0.15) is 0 Å². The number of aromatic nitrogens is 4. The number of rotatable bonds is 3. The molecule has 0 aliphatic heterocycles. The van der Waals surface area contributed by atoms with Crippen LogP contribution in [0.25, 0.3) is 11.2 Å². The Labute approximate surface area is 131 Å². The Morgan fingerprint density at radius 1 is 1.17 bits per heavy atom. The van der Waals surface area contributed by atoms with Crippen LogP contribution in [0.15, 0.2) is 39.0 Å². The van der Waals surface area contributed by atoms with E-state index in [2.05, 4.69) is 20.5 Å². The van der Waals surface area contributed by atoms with Crippen molar-refractivity contribution in [3.8, 4) is 0 Å². The highest BCUT2D eigenvalue weighted by Crippen LogP contribution is 2.12. The van der Waals surface area contributed by atoms with Crippen LogP contribution in [0.4, 0.5) is 5.95 Å². The van der Waals surface area contributed by atoms with E-state index in [-0.39, 0.29) is 0 Å². The molecule has 0 fully saturated rings. The first-order valence-electron chi connectivity index (χ1n) is 6.99. The molecule has 8 nitrogen and oxygen atoms in total. The van der Waals surface area contributed by atoms with Gasteiger partial charge in [-0.3, -0.25) is 14.3 Å². The predicted molar refractivity (Wildman–Crippen MR) is 89.0 cm³/mol. The summed E-state index contributed by atoms with van der Waals surface area (Å²) in [7, 11) is 3.23. The number of nitrogens with one attached hydrogen (secondary N) is 2. The minimum atomic E-state index is -0.504. The number of anilines is 1. The van der Waals surface area contributed by atoms with Gasteiger partial charge in [-0.1, -0.05) is 29.8 Å². The van der Waals surface area contributed by atoms with E-state index in [4.69, 9.17) is 0 Å². The minimum absolute atomic E-state index is 0.300. The summed E-state index contributed by atoms with van der Waals surface area (Å²) in [6.45, 7) is 2.01. The standard InChI is InChI=1S/C15H16N6O2/c1-9-4-6-10(7-5-9)8-16-19-14-17-12-11(20(14)2)13(22)18-15(23)21(12)3/h4-8H,1-3H3,(H,17,19)(H,18,22,23). The third kappa shape index (κ3) is 2.66. The summed E-state index contributed by atoms with van der Waals surface area (Å²) in [5.41, 5.74) is 4.53. The first kappa shape index (κ1) is 14.8. The molecule has 3 aromatic rings. The van der Waals surface area contributed by atoms with Crippen molar-refractivity contribution >= 4 is 23.3 Å². The number of hydrazone groups is 1. The molecule has 0 unspecified atom stereocenters. The van der Waals surface area contributed by atoms with Crippen LogP contribution < -0.4 is 16.7 Å². The second-order valence-corrected chi connectivity index (χ2v) is 5.27. The van der Waals surface area contributed by atoms with Crippen LogP contribution in [-0.4, -0.2) is 25.3 Å². The molecule has 0 saturated heterocycles. The fourth-order valence-electron chi connectivity index (χ4n) is 2.23. The summed E-state index contributed by atoms with van der Waals surface area (Å²) in [6.07, 6.45) is 1.65. The van der Waals surface area contributed by atoms with E-state index < -0.39 is 11.2 Å². The Morgan fingerprint density at radius 2 is 1.87 bits per heavy atom. The Balaban J connectivity index is 1.95. The van der Waals surface area contributed by atoms with Gasteiger partial charge in [0.2, 0.25) is 5.95 Å². The Kier molecular flexibility index (Phi) is 3.57. The predicted octanol–water partition coefficient (Wildman–Crippen LogP) is 0.715. The van der Waals surface area contributed by atoms with E-state index >= 15 is 0 Å². The molecule has 0 amide bonds. The van der Waals surface area contributed by atoms with Crippen LogP contribution >= 0.6 is 0 Å². The van der Waals surface area contributed by atoms with Crippen molar-refractivity contribution < 1.29 is 0 Å². The largest absolute Gasteiger partial charge is 0.329 e. The van der Waals surface area contributed by atoms with Crippen molar-refractivity contribution in [2.75, 3.05) is 5.43 Å². The highest BCUT2D eigenvalue weighted by molar-refractivity contribution is 5.80. The Morgan fingerprint density at radius 3 is 2.57 bits per heavy atom. The van der Waals surface area contributed by atoms with Crippen LogP contribution in [0, 0.1) is 6.92 Å². The Bertz CT molecular complexity index is 1010. The molecular weight excluding hydrogens is 296 g/mol. The van der Waals surface area contributed by atoms with Crippen molar-refractivity contribution in [3.05, 3.63) is 56.2 Å². The van der Waals surface area contributed by atoms with Gasteiger partial charge < -0.3 is 4.57 Å². The van der Waals surface area contributed by atoms with Gasteiger partial charge in [-0.05, 0) is 12.5 Å². The van der Waals surface area contributed by atoms with Crippen LogP contribution in [-0.2, 0) is 14.1 Å². The van der Waals surface area contributed by atoms with Gasteiger partial charge in [-0.15, -0.1) is 0 Å². The molecule has 0 spiro atoms. The molecular formula is C15H16N6O2. The molecule has 2 N–H and O–H groups in total. The number of hydrogen-bond acceptors (Lipinski definition) is 5. The second kappa shape index (κ2) is 5.56. The first-order valence-corrected chi connectivity index (χ1v) is 6.99. The lowest BCUT2D eigenvalue weighted by Gasteiger charge is -2.00. The lowest BCUT2D eigenvalue weighted by Crippen LogP contribution is -2.29. The first-order chi connectivity index (χ1) is 11.0. The third-order valence-electron chi connectivity index (χ3n) is 3.59. The SMILES string of the molecule is Cc1ccc(C=NNc2nc3c(c(=O)[nH]c(=O)n3C)n2C)cc1. The fourth-order valence-corrected chi connectivity index (χ4v) is 2.23. The van der Waals surface area contributed by atoms with E-state index in [1.165, 1.54) is 10.1 Å². The zero-order valence-corrected chi connectivity index (χ0v) is 13.0. The zero-order valence-electron chi connectivity index (χ0n) is 13.0. The normalized spacial score (nSPS) is 11.4. The number of aryl methyl sites for hydroxylation is 3. The van der Waals surface area contributed by atoms with Gasteiger partial charge >= 0.3 is 5.69 Å². The molecule has 0 saturated carbocycles. The zero-order chi connectivity index (χ0) is 16.6. The molecule has 2 heterocycles. The molecule has 23 heavy (non-hydrogen) atoms. The highest BCUT2D eigenvalue weighted by atomic mass is 16.2. The number of aromatic amines is 1. The molecule has 0 atom stereocenters. The summed E-state index contributed by atoms with van der Waals surface area (Å²) in [5, 5.41) is 4.12. The van der Waals surface area contributed by atoms with E-state index in [0.29, 0.717) is 17.1 Å². The monoisotopic (exact) mass is 312 g/mol. The van der Waals surface area contributed by atoms with E-state index in [0.717, 1.165) is 5.56 Å². The van der Waals surface area contributed by atoms with E-state index in [9.17, 15) is 9.59 Å². The number of benzene rings is 1. The summed E-state index contributed by atoms with van der Waals surface area (Å²) in [4.78, 5) is 30.0. The minimum Gasteiger partial charge on any atom is -0.306 e. The topological polar surface area (TPSA) is 97.1 Å². The maximum Gasteiger partial charge on any atom is 0.329 e. The molecule has 0 aliphatic carbocycles. The molecule has 0 aliphatic rings. The number of nitrogens with zero attached hydrogens (tertiary/aromatic N) is 4. The molecule has 0 bridgehead atoms. The van der Waals surface area contributed by atoms with Crippen molar-refractivity contribution in [2.45, 2.75) is 6.92 Å². The Hall–Kier alpha value is -3.16. The fraction of sp³-hybridized carbons (Fsp3) is 0.200. The van der Waals surface area contributed by atoms with Crippen LogP contribution in [0.5, 0.6) is 0 Å². The maximum atomic E-state index is 11.9. The highest BCUT2D eigenvalue weighted by Gasteiger charge is 2.14. The van der Waals surface area contributed by atoms with E-state index in [1.807, 2.05) is 31.2 Å². The summed E-state index contributed by atoms with van der Waals surface area (Å²) in [5.74, 6) is 0.370. The molecule has 118 valence electrons. The van der Waals surface area contributed by atoms with Crippen LogP contribution in [0.1, 0.15) is 11.1 Å². The van der Waals surface area contributed by atoms with Crippen LogP contribution in [0.2, 0.25) is 0 Å². The van der Waals surface area contributed by atoms with Gasteiger partial charge in [0, 0.05) is 14.1 Å². The second-order valence-electron chi connectivity index (χ2n) is 5.27. The number of hydrogen-bond donors (Lipinski definition) is 2. The van der Waals surface area contributed by atoms with Crippen molar-refractivity contribution in [1.82, 2.24) is 19.1 Å². The van der Waals surface area contributed by atoms with Crippen molar-refractivity contribution in [2.24, 2.45) is 19.2 Å². The van der Waals surface area contributed by atoms with Gasteiger partial charge in [0.25, 0.3) is 5.56 Å². The number of H-pyrrole nitrogens is 1. The van der Waals surface area contributed by atoms with Crippen LogP contribution in [0.3, 0.4) is 0 Å². The lowest BCUT2D eigenvalue weighted by molar-refractivity contribution is 0.829. The number of fused-ring (bicyclic) bond motifs is 1. The summed E-state index contributed by atoms with van der Waals surface area (Å²) < 4.78 is 2.84. The smallest absolute Gasteiger partial charge is 0.306 e. The van der Waals surface area contributed by atoms with Gasteiger partial charge in [0.15, 0.2) is 11.2 Å². The average Bonchev–Trinajstić information content (AvgIpc) is 2.85. The van der Waals surface area contributed by atoms with Gasteiger partial charge in [-0.25, -0.2) is 10.2 Å². The van der Waals surface area contributed by atoms with Crippen molar-refractivity contribution in [3.63, 3.8) is 0 Å². The molecule has 1 aromatic carbocycles. The molecule has 3 rings (SSSR count). The third-order valence-corrected chi connectivity index (χ3v) is 3.59. The quantitative estimate of drug-likeness (QED) is 0.550. The number of imidazole rings is 1. The van der Waals surface area contributed by atoms with Gasteiger partial charge in [-0.2, -0.15) is 10.1 Å². The summed E-state index contributed by atoms with van der Waals surface area (Å²) >= 11 is 0. The van der Waals surface area contributed by atoms with E-state index in [1.54, 1.807) is 24.9 Å². The molecule has 8 heteroatoms. The molecule has 0 radical (unpaired) electrons. The van der Waals surface area contributed by atoms with Gasteiger partial charge in [0.05, 0.1) is 6.21 Å². The summed E-state index contributed by atoms with van der Waals surface area (Å²) in [6, 6.07) is 7.88. The maximum absolute atomic E-state index is 11.9. The lowest BCUT2D eigenvalue weighted by atomic mass is 10.2. The van der Waals surface area contributed by atoms with Crippen molar-refractivity contribution in [1.29, 1.82) is 0 Å². The average molecular weight is 312 g/mol.